The monoisotopic (exact) mass is 912 g/mol. The highest BCUT2D eigenvalue weighted by molar-refractivity contribution is 8.77. The fourth-order valence-electron chi connectivity index (χ4n) is 5.08. The molecule has 0 aliphatic carbocycles. The Morgan fingerprint density at radius 3 is 2.58 bits per heavy atom. The van der Waals surface area contributed by atoms with Crippen LogP contribution < -0.4 is 5.73 Å². The summed E-state index contributed by atoms with van der Waals surface area (Å²) in [6, 6.07) is 0. The van der Waals surface area contributed by atoms with Crippen molar-refractivity contribution in [2.45, 2.75) is 88.9 Å². The first kappa shape index (κ1) is 48.4. The van der Waals surface area contributed by atoms with Crippen LogP contribution in [0.2, 0.25) is 0 Å². The van der Waals surface area contributed by atoms with Crippen LogP contribution in [-0.2, 0) is 71.2 Å². The van der Waals surface area contributed by atoms with E-state index in [-0.39, 0.29) is 48.3 Å². The van der Waals surface area contributed by atoms with E-state index in [2.05, 4.69) is 51.2 Å². The molecule has 19 nitrogen and oxygen atoms in total. The van der Waals surface area contributed by atoms with Gasteiger partial charge in [0, 0.05) is 30.4 Å². The van der Waals surface area contributed by atoms with Crippen LogP contribution >= 0.6 is 45.1 Å². The van der Waals surface area contributed by atoms with Crippen molar-refractivity contribution in [2.24, 2.45) is 0 Å². The molecule has 6 atom stereocenters. The Labute approximate surface area is 334 Å². The third kappa shape index (κ3) is 17.8. The number of hydrogen-bond acceptors (Lipinski definition) is 17. The maximum atomic E-state index is 12.4. The van der Waals surface area contributed by atoms with Crippen LogP contribution in [0.5, 0.6) is 0 Å². The van der Waals surface area contributed by atoms with Crippen LogP contribution in [0.1, 0.15) is 77.5 Å². The highest BCUT2D eigenvalue weighted by Crippen LogP contribution is 2.66. The normalized spacial score (nSPS) is 20.4. The van der Waals surface area contributed by atoms with E-state index in [0.717, 1.165) is 19.3 Å². The fraction of sp³-hybridized carbons (Fsp3) is 0.690. The zero-order chi connectivity index (χ0) is 40.9. The Hall–Kier alpha value is -0.990. The molecule has 312 valence electrons. The summed E-state index contributed by atoms with van der Waals surface area (Å²) in [7, 11) is -13.8. The quantitative estimate of drug-likeness (QED) is 0.0229. The minimum absolute atomic E-state index is 0.0690. The van der Waals surface area contributed by atoms with Crippen molar-refractivity contribution >= 4 is 88.5 Å². The van der Waals surface area contributed by atoms with E-state index in [9.17, 15) is 28.3 Å². The number of nitrogens with two attached hydrogens (primary N) is 1. The smallest absolute Gasteiger partial charge is 0.466 e. The molecule has 0 saturated carbocycles. The van der Waals surface area contributed by atoms with E-state index >= 15 is 0 Å². The molecule has 1 aliphatic rings. The van der Waals surface area contributed by atoms with Crippen molar-refractivity contribution in [2.75, 3.05) is 43.7 Å². The van der Waals surface area contributed by atoms with Crippen LogP contribution in [0.15, 0.2) is 12.5 Å². The second-order valence-corrected chi connectivity index (χ2v) is 23.0. The maximum absolute atomic E-state index is 12.4. The van der Waals surface area contributed by atoms with Crippen molar-refractivity contribution in [3.05, 3.63) is 18.1 Å². The molecule has 0 radical (unpaired) electrons. The molecule has 2 aromatic heterocycles. The highest BCUT2D eigenvalue weighted by atomic mass is 33.1. The summed E-state index contributed by atoms with van der Waals surface area (Å²) in [5.74, 6) is 6.43. The van der Waals surface area contributed by atoms with Gasteiger partial charge in [0.25, 0.3) is 0 Å². The van der Waals surface area contributed by atoms with Crippen molar-refractivity contribution in [3.63, 3.8) is 0 Å². The summed E-state index contributed by atoms with van der Waals surface area (Å²) in [6.07, 6.45) is 6.07. The van der Waals surface area contributed by atoms with Crippen molar-refractivity contribution in [3.8, 4) is 11.8 Å². The summed E-state index contributed by atoms with van der Waals surface area (Å²) in [5, 5.41) is 0.417. The van der Waals surface area contributed by atoms with Gasteiger partial charge in [0.2, 0.25) is 0 Å². The molecule has 1 saturated heterocycles. The van der Waals surface area contributed by atoms with E-state index in [1.165, 1.54) is 6.33 Å². The van der Waals surface area contributed by atoms with E-state index < -0.39 is 58.0 Å². The molecule has 6 N–H and O–H groups in total. The van der Waals surface area contributed by atoms with Gasteiger partial charge in [-0.25, -0.2) is 23.7 Å². The van der Waals surface area contributed by atoms with Gasteiger partial charge in [-0.1, -0.05) is 56.2 Å². The standard InChI is InChI=1S/C29H47N4O15P3S4/c1-5-12-29(2,3)54-53-19-42-13-8-9-14-43-25(34)11-7-6-10-21-16-33(28-26(21)27(30)31-18-32-28)24-15-22(44-20-55(4)52)23(46-24)17-45-50(38,39)48-51(40,41)47-49(35,36)37/h16,18,22-24H,5,7-9,11-15,17,19-20H2,1-4H3,(H,38,39)(H,40,41)(H2,30,31,32)(H2,35,36,37)/t22-,23+,24+,55?/m0/s1. The summed E-state index contributed by atoms with van der Waals surface area (Å²) in [4.78, 5) is 57.7. The summed E-state index contributed by atoms with van der Waals surface area (Å²) in [6.45, 7) is 6.76. The first-order chi connectivity index (χ1) is 25.7. The number of anilines is 1. The number of rotatable bonds is 24. The first-order valence-electron chi connectivity index (χ1n) is 16.7. The number of phosphoric acid groups is 3. The van der Waals surface area contributed by atoms with E-state index in [1.54, 1.807) is 27.8 Å². The van der Waals surface area contributed by atoms with E-state index in [4.69, 9.17) is 50.2 Å². The molecule has 55 heavy (non-hydrogen) atoms. The van der Waals surface area contributed by atoms with E-state index in [1.807, 2.05) is 10.8 Å². The lowest BCUT2D eigenvalue weighted by Crippen LogP contribution is -2.29. The van der Waals surface area contributed by atoms with Gasteiger partial charge in [0.15, 0.2) is 0 Å². The van der Waals surface area contributed by atoms with Crippen molar-refractivity contribution < 1.29 is 70.2 Å². The van der Waals surface area contributed by atoms with Gasteiger partial charge < -0.3 is 48.8 Å². The highest BCUT2D eigenvalue weighted by Gasteiger charge is 2.43. The molecule has 1 aliphatic heterocycles. The average molecular weight is 913 g/mol. The molecule has 0 aromatic carbocycles. The Morgan fingerprint density at radius 2 is 1.89 bits per heavy atom. The van der Waals surface area contributed by atoms with Crippen molar-refractivity contribution in [1.82, 2.24) is 14.5 Å². The van der Waals surface area contributed by atoms with Crippen LogP contribution in [0.3, 0.4) is 0 Å². The van der Waals surface area contributed by atoms with E-state index in [0.29, 0.717) is 35.6 Å². The number of esters is 1. The first-order valence-corrected chi connectivity index (χ1v) is 26.3. The van der Waals surface area contributed by atoms with Gasteiger partial charge in [0.1, 0.15) is 36.1 Å². The predicted molar refractivity (Wildman–Crippen MR) is 212 cm³/mol. The molecular weight excluding hydrogens is 866 g/mol. The Balaban J connectivity index is 1.58. The van der Waals surface area contributed by atoms with Gasteiger partial charge >= 0.3 is 29.4 Å². The lowest BCUT2D eigenvalue weighted by molar-refractivity contribution is -0.143. The van der Waals surface area contributed by atoms with Gasteiger partial charge in [-0.3, -0.25) is 9.32 Å². The topological polar surface area (TPSA) is 271 Å². The Bertz CT molecular complexity index is 1820. The third-order valence-electron chi connectivity index (χ3n) is 7.29. The van der Waals surface area contributed by atoms with Gasteiger partial charge in [-0.05, 0) is 50.6 Å². The third-order valence-corrected chi connectivity index (χ3v) is 14.9. The number of nitrogens with zero attached hydrogens (tertiary/aromatic N) is 3. The number of fused-ring (bicyclic) bond motifs is 1. The number of carbonyl (C=O) groups is 1. The van der Waals surface area contributed by atoms with Gasteiger partial charge in [-0.2, -0.15) is 8.62 Å². The number of nitrogen functional groups attached to an aromatic ring is 1. The average Bonchev–Trinajstić information content (AvgIpc) is 3.64. The molecule has 3 unspecified atom stereocenters. The van der Waals surface area contributed by atoms with Crippen molar-refractivity contribution in [1.29, 1.82) is 0 Å². The Morgan fingerprint density at radius 1 is 1.16 bits per heavy atom. The van der Waals surface area contributed by atoms with Crippen LogP contribution in [0, 0.1) is 11.8 Å². The molecule has 26 heteroatoms. The second kappa shape index (κ2) is 22.4. The minimum atomic E-state index is -5.72. The molecule has 1 fully saturated rings. The Kier molecular flexibility index (Phi) is 19.7. The minimum Gasteiger partial charge on any atom is -0.466 e. The maximum Gasteiger partial charge on any atom is 0.490 e. The molecular formula is C29H47N4O15P3S4. The fourth-order valence-corrected chi connectivity index (χ4v) is 11.0. The van der Waals surface area contributed by atoms with Crippen LogP contribution in [0.4, 0.5) is 5.82 Å². The zero-order valence-electron chi connectivity index (χ0n) is 30.5. The van der Waals surface area contributed by atoms with Gasteiger partial charge in [0.05, 0.1) is 42.6 Å². The largest absolute Gasteiger partial charge is 0.490 e. The zero-order valence-corrected chi connectivity index (χ0v) is 36.5. The molecule has 2 aromatic rings. The number of unbranched alkanes of at least 4 members (excludes halogenated alkanes) is 1. The summed E-state index contributed by atoms with van der Waals surface area (Å²) >= 11 is 5.22. The molecule has 0 spiro atoms. The number of carbonyl (C=O) groups excluding carboxylic acids is 1. The molecule has 0 amide bonds. The second-order valence-electron chi connectivity index (χ2n) is 12.5. The predicted octanol–water partition coefficient (Wildman–Crippen LogP) is 5.09. The van der Waals surface area contributed by atoms with Crippen LogP contribution in [0.25, 0.3) is 11.0 Å². The lowest BCUT2D eigenvalue weighted by atomic mass is 10.1. The summed E-state index contributed by atoms with van der Waals surface area (Å²) in [5.41, 5.74) is 6.97. The molecule has 3 heterocycles. The SMILES string of the molecule is CCCC(C)(C)SSCOCCCCOC(=O)CCC#Cc1cn([C@H]2C[C@H](OCS(C)=S)[C@@H](COP(=O)(O)OP(=O)(O)OP(=O)(O)O)O2)c2ncnc(N)c12. The summed E-state index contributed by atoms with van der Waals surface area (Å²) < 4.78 is 72.3. The van der Waals surface area contributed by atoms with Gasteiger partial charge in [-0.15, -0.1) is 0 Å². The molecule has 0 bridgehead atoms. The number of phosphoric ester groups is 1. The number of hydrogen-bond donors (Lipinski definition) is 5. The molecule has 3 rings (SSSR count). The lowest BCUT2D eigenvalue weighted by Gasteiger charge is -2.22. The number of ether oxygens (including phenoxy) is 4. The number of aromatic nitrogens is 3. The van der Waals surface area contributed by atoms with Crippen LogP contribution in [-0.4, -0.2) is 95.0 Å².